The van der Waals surface area contributed by atoms with Gasteiger partial charge in [0.1, 0.15) is 5.58 Å². The third-order valence-corrected chi connectivity index (χ3v) is 4.27. The predicted molar refractivity (Wildman–Crippen MR) is 98.2 cm³/mol. The maximum atomic E-state index is 12.7. The zero-order chi connectivity index (χ0) is 18.1. The quantitative estimate of drug-likeness (QED) is 0.857. The fourth-order valence-electron chi connectivity index (χ4n) is 2.98. The first kappa shape index (κ1) is 17.2. The van der Waals surface area contributed by atoms with Crippen LogP contribution < -0.4 is 10.3 Å². The van der Waals surface area contributed by atoms with E-state index in [9.17, 15) is 9.59 Å². The van der Waals surface area contributed by atoms with E-state index in [0.29, 0.717) is 47.7 Å². The van der Waals surface area contributed by atoms with E-state index in [2.05, 4.69) is 6.58 Å². The summed E-state index contributed by atoms with van der Waals surface area (Å²) < 4.78 is 11.6. The number of carbonyl (C=O) groups is 1. The zero-order valence-electron chi connectivity index (χ0n) is 14.7. The van der Waals surface area contributed by atoms with Gasteiger partial charge in [0.15, 0.2) is 11.3 Å². The lowest BCUT2D eigenvalue weighted by atomic mass is 10.0. The molecule has 0 bridgehead atoms. The van der Waals surface area contributed by atoms with Gasteiger partial charge in [-0.05, 0) is 19.1 Å². The van der Waals surface area contributed by atoms with Gasteiger partial charge in [-0.3, -0.25) is 9.59 Å². The summed E-state index contributed by atoms with van der Waals surface area (Å²) in [4.78, 5) is 28.4. The summed E-state index contributed by atoms with van der Waals surface area (Å²) >= 11 is 0. The summed E-state index contributed by atoms with van der Waals surface area (Å²) in [7, 11) is 3.34. The molecular weight excluding hydrogens is 320 g/mol. The van der Waals surface area contributed by atoms with Crippen molar-refractivity contribution < 1.29 is 13.9 Å². The number of morpholine rings is 1. The second kappa shape index (κ2) is 6.72. The van der Waals surface area contributed by atoms with Crippen molar-refractivity contribution >= 4 is 28.8 Å². The Hall–Kier alpha value is -2.60. The van der Waals surface area contributed by atoms with E-state index in [4.69, 9.17) is 9.15 Å². The lowest BCUT2D eigenvalue weighted by molar-refractivity contribution is 0.0517. The molecule has 1 aliphatic rings. The van der Waals surface area contributed by atoms with Gasteiger partial charge in [0.2, 0.25) is 0 Å². The van der Waals surface area contributed by atoms with E-state index < -0.39 is 0 Å². The van der Waals surface area contributed by atoms with Crippen LogP contribution in [0.1, 0.15) is 22.8 Å². The molecule has 1 saturated heterocycles. The van der Waals surface area contributed by atoms with Crippen LogP contribution in [0.5, 0.6) is 0 Å². The largest absolute Gasteiger partial charge is 0.440 e. The number of rotatable bonds is 3. The van der Waals surface area contributed by atoms with Gasteiger partial charge in [0, 0.05) is 44.4 Å². The highest BCUT2D eigenvalue weighted by molar-refractivity contribution is 5.99. The molecule has 0 spiro atoms. The maximum Gasteiger partial charge on any atom is 0.253 e. The van der Waals surface area contributed by atoms with Crippen LogP contribution in [-0.2, 0) is 4.74 Å². The average molecular weight is 342 g/mol. The number of amides is 1. The second-order valence-corrected chi connectivity index (χ2v) is 6.42. The number of fused-ring (bicyclic) bond motifs is 1. The van der Waals surface area contributed by atoms with Crippen LogP contribution in [0, 0.1) is 0 Å². The standard InChI is InChI=1S/C19H22N2O4/c1-5-13-8-14(19(23)20(3)4)9-15-16(22)10-17(25-18(13)15)21-6-7-24-12(2)11-21/h5,8-10,12H,1,6-7,11H2,2-4H3/t12-/m1/s1. The van der Waals surface area contributed by atoms with Gasteiger partial charge in [-0.25, -0.2) is 0 Å². The summed E-state index contributed by atoms with van der Waals surface area (Å²) in [5, 5.41) is 0.382. The summed E-state index contributed by atoms with van der Waals surface area (Å²) in [6.45, 7) is 7.69. The van der Waals surface area contributed by atoms with Gasteiger partial charge >= 0.3 is 0 Å². The van der Waals surface area contributed by atoms with E-state index in [-0.39, 0.29) is 17.4 Å². The summed E-state index contributed by atoms with van der Waals surface area (Å²) in [5.74, 6) is 0.345. The molecule has 0 N–H and O–H groups in total. The molecule has 0 saturated carbocycles. The number of ether oxygens (including phenoxy) is 1. The van der Waals surface area contributed by atoms with Crippen LogP contribution in [0.25, 0.3) is 17.0 Å². The van der Waals surface area contributed by atoms with E-state index in [1.54, 1.807) is 32.3 Å². The van der Waals surface area contributed by atoms with E-state index in [1.807, 2.05) is 11.8 Å². The van der Waals surface area contributed by atoms with Crippen LogP contribution in [0.3, 0.4) is 0 Å². The Balaban J connectivity index is 2.14. The minimum Gasteiger partial charge on any atom is -0.440 e. The molecular formula is C19H22N2O4. The topological polar surface area (TPSA) is 63.0 Å². The first-order valence-electron chi connectivity index (χ1n) is 8.23. The van der Waals surface area contributed by atoms with Crippen molar-refractivity contribution in [1.82, 2.24) is 4.90 Å². The average Bonchev–Trinajstić information content (AvgIpc) is 2.60. The maximum absolute atomic E-state index is 12.7. The van der Waals surface area contributed by atoms with Crippen LogP contribution >= 0.6 is 0 Å². The minimum absolute atomic E-state index is 0.0775. The molecule has 0 aliphatic carbocycles. The fraction of sp³-hybridized carbons (Fsp3) is 0.368. The Morgan fingerprint density at radius 2 is 2.12 bits per heavy atom. The SMILES string of the molecule is C=Cc1cc(C(=O)N(C)C)cc2c(=O)cc(N3CCO[C@H](C)C3)oc12. The molecule has 1 aromatic carbocycles. The van der Waals surface area contributed by atoms with Gasteiger partial charge in [-0.2, -0.15) is 0 Å². The Labute approximate surface area is 146 Å². The minimum atomic E-state index is -0.174. The molecule has 1 amide bonds. The Kier molecular flexibility index (Phi) is 4.63. The van der Waals surface area contributed by atoms with Gasteiger partial charge in [0.05, 0.1) is 18.1 Å². The van der Waals surface area contributed by atoms with Crippen molar-refractivity contribution in [2.24, 2.45) is 0 Å². The Bertz CT molecular complexity index is 885. The molecule has 1 atom stereocenters. The predicted octanol–water partition coefficient (Wildman–Crippen LogP) is 2.36. The van der Waals surface area contributed by atoms with Crippen LogP contribution in [-0.4, -0.2) is 50.7 Å². The molecule has 132 valence electrons. The Morgan fingerprint density at radius 3 is 2.76 bits per heavy atom. The number of nitrogens with zero attached hydrogens (tertiary/aromatic N) is 2. The van der Waals surface area contributed by atoms with Crippen LogP contribution in [0.15, 0.2) is 34.0 Å². The number of carbonyl (C=O) groups excluding carboxylic acids is 1. The lowest BCUT2D eigenvalue weighted by Crippen LogP contribution is -2.41. The molecule has 3 rings (SSSR count). The van der Waals surface area contributed by atoms with Crippen molar-refractivity contribution in [3.8, 4) is 0 Å². The fourth-order valence-corrected chi connectivity index (χ4v) is 2.98. The smallest absolute Gasteiger partial charge is 0.253 e. The number of hydrogen-bond donors (Lipinski definition) is 0. The van der Waals surface area contributed by atoms with Crippen molar-refractivity contribution in [3.63, 3.8) is 0 Å². The van der Waals surface area contributed by atoms with Gasteiger partial charge in [0.25, 0.3) is 5.91 Å². The molecule has 6 nitrogen and oxygen atoms in total. The summed E-state index contributed by atoms with van der Waals surface area (Å²) in [5.41, 5.74) is 1.34. The zero-order valence-corrected chi connectivity index (χ0v) is 14.7. The highest BCUT2D eigenvalue weighted by Crippen LogP contribution is 2.26. The first-order valence-corrected chi connectivity index (χ1v) is 8.23. The molecule has 1 fully saturated rings. The molecule has 2 aromatic rings. The third kappa shape index (κ3) is 3.30. The van der Waals surface area contributed by atoms with Gasteiger partial charge < -0.3 is 19.0 Å². The van der Waals surface area contributed by atoms with Gasteiger partial charge in [-0.15, -0.1) is 0 Å². The molecule has 1 aromatic heterocycles. The van der Waals surface area contributed by atoms with E-state index >= 15 is 0 Å². The highest BCUT2D eigenvalue weighted by Gasteiger charge is 2.21. The molecule has 2 heterocycles. The van der Waals surface area contributed by atoms with Crippen molar-refractivity contribution in [1.29, 1.82) is 0 Å². The molecule has 6 heteroatoms. The lowest BCUT2D eigenvalue weighted by Gasteiger charge is -2.31. The van der Waals surface area contributed by atoms with E-state index in [0.717, 1.165) is 0 Å². The molecule has 0 unspecified atom stereocenters. The first-order chi connectivity index (χ1) is 11.9. The Morgan fingerprint density at radius 1 is 1.36 bits per heavy atom. The molecule has 1 aliphatic heterocycles. The molecule has 25 heavy (non-hydrogen) atoms. The number of hydrogen-bond acceptors (Lipinski definition) is 5. The second-order valence-electron chi connectivity index (χ2n) is 6.42. The molecule has 0 radical (unpaired) electrons. The normalized spacial score (nSPS) is 17.6. The van der Waals surface area contributed by atoms with E-state index in [1.165, 1.54) is 11.0 Å². The number of benzene rings is 1. The van der Waals surface area contributed by atoms with Crippen LogP contribution in [0.4, 0.5) is 5.88 Å². The summed E-state index contributed by atoms with van der Waals surface area (Å²) in [6.07, 6.45) is 1.68. The summed E-state index contributed by atoms with van der Waals surface area (Å²) in [6, 6.07) is 4.77. The van der Waals surface area contributed by atoms with Crippen molar-refractivity contribution in [3.05, 3.63) is 46.1 Å². The third-order valence-electron chi connectivity index (χ3n) is 4.27. The highest BCUT2D eigenvalue weighted by atomic mass is 16.5. The number of anilines is 1. The van der Waals surface area contributed by atoms with Crippen LogP contribution in [0.2, 0.25) is 0 Å². The van der Waals surface area contributed by atoms with Gasteiger partial charge in [-0.1, -0.05) is 12.7 Å². The monoisotopic (exact) mass is 342 g/mol. The van der Waals surface area contributed by atoms with Crippen molar-refractivity contribution in [2.75, 3.05) is 38.7 Å². The van der Waals surface area contributed by atoms with Crippen molar-refractivity contribution in [2.45, 2.75) is 13.0 Å².